The third-order valence-electron chi connectivity index (χ3n) is 4.71. The highest BCUT2D eigenvalue weighted by molar-refractivity contribution is 7.10. The number of carbonyl (C=O) groups excluding carboxylic acids is 1. The van der Waals surface area contributed by atoms with Gasteiger partial charge in [-0.25, -0.2) is 8.78 Å². The molecule has 164 valence electrons. The molecule has 0 radical (unpaired) electrons. The van der Waals surface area contributed by atoms with Crippen LogP contribution in [-0.2, 0) is 22.6 Å². The SMILES string of the molecule is CCOC(=O)CCc1cc(F)c(OCc2c(Cl)nsc2-c2ccc(C)cc2C)c(F)c1. The minimum Gasteiger partial charge on any atom is -0.483 e. The van der Waals surface area contributed by atoms with Gasteiger partial charge in [0, 0.05) is 12.0 Å². The molecule has 0 saturated heterocycles. The average Bonchev–Trinajstić information content (AvgIpc) is 3.06. The quantitative estimate of drug-likeness (QED) is 0.359. The second-order valence-corrected chi connectivity index (χ2v) is 8.21. The normalized spacial score (nSPS) is 10.9. The highest BCUT2D eigenvalue weighted by Gasteiger charge is 2.19. The highest BCUT2D eigenvalue weighted by Crippen LogP contribution is 2.36. The maximum Gasteiger partial charge on any atom is 0.306 e. The molecule has 0 atom stereocenters. The molecule has 0 aliphatic rings. The van der Waals surface area contributed by atoms with Gasteiger partial charge in [0.1, 0.15) is 11.8 Å². The van der Waals surface area contributed by atoms with E-state index in [1.54, 1.807) is 6.92 Å². The molecule has 0 aliphatic heterocycles. The summed E-state index contributed by atoms with van der Waals surface area (Å²) in [5.74, 6) is -2.59. The number of aromatic nitrogens is 1. The van der Waals surface area contributed by atoms with Crippen molar-refractivity contribution >= 4 is 29.1 Å². The molecule has 0 amide bonds. The van der Waals surface area contributed by atoms with E-state index in [0.717, 1.165) is 33.7 Å². The lowest BCUT2D eigenvalue weighted by Gasteiger charge is -2.12. The lowest BCUT2D eigenvalue weighted by Crippen LogP contribution is -2.06. The van der Waals surface area contributed by atoms with Crippen LogP contribution in [0.2, 0.25) is 5.15 Å². The topological polar surface area (TPSA) is 48.4 Å². The van der Waals surface area contributed by atoms with E-state index in [-0.39, 0.29) is 31.2 Å². The van der Waals surface area contributed by atoms with Crippen LogP contribution < -0.4 is 4.74 Å². The third kappa shape index (κ3) is 5.60. The molecule has 0 N–H and O–H groups in total. The van der Waals surface area contributed by atoms with Gasteiger partial charge in [0.15, 0.2) is 17.4 Å². The maximum absolute atomic E-state index is 14.5. The van der Waals surface area contributed by atoms with E-state index in [0.29, 0.717) is 11.1 Å². The maximum atomic E-state index is 14.5. The Morgan fingerprint density at radius 3 is 2.52 bits per heavy atom. The summed E-state index contributed by atoms with van der Waals surface area (Å²) in [7, 11) is 0. The Labute approximate surface area is 188 Å². The molecule has 1 heterocycles. The molecule has 0 bridgehead atoms. The van der Waals surface area contributed by atoms with Crippen molar-refractivity contribution in [3.63, 3.8) is 0 Å². The lowest BCUT2D eigenvalue weighted by atomic mass is 10.0. The smallest absolute Gasteiger partial charge is 0.306 e. The lowest BCUT2D eigenvalue weighted by molar-refractivity contribution is -0.143. The standard InChI is InChI=1S/C23H22ClF2NO3S/c1-4-29-20(28)8-6-15-10-18(25)21(19(26)11-15)30-12-17-22(31-27-23(17)24)16-7-5-13(2)9-14(16)3/h5,7,9-11H,4,6,8,12H2,1-3H3. The van der Waals surface area contributed by atoms with Gasteiger partial charge in [0.05, 0.1) is 11.5 Å². The van der Waals surface area contributed by atoms with Gasteiger partial charge in [-0.2, -0.15) is 4.37 Å². The van der Waals surface area contributed by atoms with Crippen LogP contribution in [0.4, 0.5) is 8.78 Å². The van der Waals surface area contributed by atoms with Crippen LogP contribution in [0, 0.1) is 25.5 Å². The Kier molecular flexibility index (Phi) is 7.62. The van der Waals surface area contributed by atoms with E-state index in [2.05, 4.69) is 4.37 Å². The molecule has 1 aromatic heterocycles. The Balaban J connectivity index is 1.77. The number of hydrogen-bond acceptors (Lipinski definition) is 5. The number of rotatable bonds is 8. The van der Waals surface area contributed by atoms with E-state index < -0.39 is 23.4 Å². The van der Waals surface area contributed by atoms with Gasteiger partial charge in [0.2, 0.25) is 0 Å². The number of nitrogens with zero attached hydrogens (tertiary/aromatic N) is 1. The summed E-state index contributed by atoms with van der Waals surface area (Å²) in [5.41, 5.74) is 4.04. The second-order valence-electron chi connectivity index (χ2n) is 7.08. The monoisotopic (exact) mass is 465 g/mol. The first-order chi connectivity index (χ1) is 14.8. The fourth-order valence-corrected chi connectivity index (χ4v) is 4.40. The molecule has 31 heavy (non-hydrogen) atoms. The van der Waals surface area contributed by atoms with Gasteiger partial charge >= 0.3 is 5.97 Å². The highest BCUT2D eigenvalue weighted by atomic mass is 35.5. The Hall–Kier alpha value is -2.51. The number of ether oxygens (including phenoxy) is 2. The summed E-state index contributed by atoms with van der Waals surface area (Å²) in [6, 6.07) is 8.32. The Morgan fingerprint density at radius 1 is 1.16 bits per heavy atom. The van der Waals surface area contributed by atoms with Gasteiger partial charge in [-0.05, 0) is 67.5 Å². The molecular weight excluding hydrogens is 444 g/mol. The molecule has 0 fully saturated rings. The van der Waals surface area contributed by atoms with Crippen LogP contribution in [0.15, 0.2) is 30.3 Å². The summed E-state index contributed by atoms with van der Waals surface area (Å²) in [6.07, 6.45) is 0.215. The summed E-state index contributed by atoms with van der Waals surface area (Å²) >= 11 is 7.45. The fourth-order valence-electron chi connectivity index (χ4n) is 3.21. The van der Waals surface area contributed by atoms with Gasteiger partial charge in [-0.3, -0.25) is 4.79 Å². The van der Waals surface area contributed by atoms with Crippen molar-refractivity contribution in [3.05, 3.63) is 69.4 Å². The van der Waals surface area contributed by atoms with Crippen molar-refractivity contribution in [3.8, 4) is 16.2 Å². The molecule has 0 saturated carbocycles. The van der Waals surface area contributed by atoms with Gasteiger partial charge in [-0.15, -0.1) is 0 Å². The largest absolute Gasteiger partial charge is 0.483 e. The van der Waals surface area contributed by atoms with Crippen molar-refractivity contribution in [1.29, 1.82) is 0 Å². The summed E-state index contributed by atoms with van der Waals surface area (Å²) in [4.78, 5) is 12.3. The van der Waals surface area contributed by atoms with Crippen molar-refractivity contribution < 1.29 is 23.0 Å². The number of halogens is 3. The molecule has 2 aromatic carbocycles. The molecular formula is C23H22ClF2NO3S. The molecule has 4 nitrogen and oxygen atoms in total. The molecule has 3 rings (SSSR count). The average molecular weight is 466 g/mol. The second kappa shape index (κ2) is 10.2. The zero-order valence-corrected chi connectivity index (χ0v) is 19.0. The van der Waals surface area contributed by atoms with Crippen molar-refractivity contribution in [2.45, 2.75) is 40.2 Å². The first kappa shape index (κ1) is 23.2. The van der Waals surface area contributed by atoms with Crippen molar-refractivity contribution in [2.75, 3.05) is 6.61 Å². The van der Waals surface area contributed by atoms with Crippen molar-refractivity contribution in [1.82, 2.24) is 4.37 Å². The van der Waals surface area contributed by atoms with Crippen LogP contribution in [0.5, 0.6) is 5.75 Å². The number of aryl methyl sites for hydroxylation is 3. The summed E-state index contributed by atoms with van der Waals surface area (Å²) in [5, 5.41) is 0.242. The van der Waals surface area contributed by atoms with Crippen LogP contribution in [0.1, 0.15) is 35.6 Å². The minimum absolute atomic E-state index is 0.0440. The van der Waals surface area contributed by atoms with E-state index >= 15 is 0 Å². The zero-order valence-electron chi connectivity index (χ0n) is 17.4. The van der Waals surface area contributed by atoms with Crippen LogP contribution >= 0.6 is 23.1 Å². The summed E-state index contributed by atoms with van der Waals surface area (Å²) < 4.78 is 43.5. The number of esters is 1. The van der Waals surface area contributed by atoms with Crippen LogP contribution in [0.3, 0.4) is 0 Å². The van der Waals surface area contributed by atoms with E-state index in [1.807, 2.05) is 32.0 Å². The summed E-state index contributed by atoms with van der Waals surface area (Å²) in [6.45, 7) is 5.81. The molecule has 0 unspecified atom stereocenters. The molecule has 0 aliphatic carbocycles. The van der Waals surface area contributed by atoms with E-state index in [9.17, 15) is 13.6 Å². The number of hydrogen-bond donors (Lipinski definition) is 0. The third-order valence-corrected chi connectivity index (χ3v) is 6.04. The van der Waals surface area contributed by atoms with E-state index in [4.69, 9.17) is 21.1 Å². The molecule has 0 spiro atoms. The zero-order chi connectivity index (χ0) is 22.5. The van der Waals surface area contributed by atoms with E-state index in [1.165, 1.54) is 11.5 Å². The van der Waals surface area contributed by atoms with Gasteiger partial charge in [0.25, 0.3) is 0 Å². The molecule has 3 aromatic rings. The van der Waals surface area contributed by atoms with Gasteiger partial charge < -0.3 is 9.47 Å². The first-order valence-electron chi connectivity index (χ1n) is 9.78. The Morgan fingerprint density at radius 2 is 1.87 bits per heavy atom. The van der Waals surface area contributed by atoms with Crippen molar-refractivity contribution in [2.24, 2.45) is 0 Å². The number of carbonyl (C=O) groups is 1. The first-order valence-corrected chi connectivity index (χ1v) is 10.9. The predicted molar refractivity (Wildman–Crippen MR) is 118 cm³/mol. The molecule has 8 heteroatoms. The predicted octanol–water partition coefficient (Wildman–Crippen LogP) is 6.43. The Bertz CT molecular complexity index is 1080. The van der Waals surface area contributed by atoms with Gasteiger partial charge in [-0.1, -0.05) is 35.4 Å². The fraction of sp³-hybridized carbons (Fsp3) is 0.304. The van der Waals surface area contributed by atoms with Crippen LogP contribution in [-0.4, -0.2) is 16.9 Å². The minimum atomic E-state index is -0.841. The van der Waals surface area contributed by atoms with Crippen LogP contribution in [0.25, 0.3) is 10.4 Å². The number of benzene rings is 2.